The van der Waals surface area contributed by atoms with Gasteiger partial charge in [-0.05, 0) is 39.4 Å². The van der Waals surface area contributed by atoms with Gasteiger partial charge in [0.25, 0.3) is 0 Å². The number of rotatable bonds is 5. The fraction of sp³-hybridized carbons (Fsp3) is 0.438. The molecule has 0 aliphatic carbocycles. The Morgan fingerprint density at radius 2 is 2.15 bits per heavy atom. The molecule has 2 aromatic rings. The summed E-state index contributed by atoms with van der Waals surface area (Å²) in [6.07, 6.45) is 6.13. The fourth-order valence-electron chi connectivity index (χ4n) is 2.38. The van der Waals surface area contributed by atoms with Crippen molar-refractivity contribution in [3.05, 3.63) is 47.0 Å². The molecule has 1 N–H and O–H groups in total. The molecule has 0 spiro atoms. The maximum absolute atomic E-state index is 5.46. The van der Waals surface area contributed by atoms with Crippen LogP contribution in [0.25, 0.3) is 0 Å². The van der Waals surface area contributed by atoms with Gasteiger partial charge in [-0.1, -0.05) is 0 Å². The lowest BCUT2D eigenvalue weighted by Crippen LogP contribution is -2.11. The summed E-state index contributed by atoms with van der Waals surface area (Å²) in [5.74, 6) is 0.936. The van der Waals surface area contributed by atoms with Crippen LogP contribution in [0.15, 0.2) is 24.7 Å². The zero-order valence-corrected chi connectivity index (χ0v) is 12.9. The van der Waals surface area contributed by atoms with Crippen molar-refractivity contribution in [2.24, 2.45) is 0 Å². The molecule has 0 aliphatic rings. The van der Waals surface area contributed by atoms with Gasteiger partial charge in [0.05, 0.1) is 19.3 Å². The van der Waals surface area contributed by atoms with E-state index in [0.29, 0.717) is 6.04 Å². The summed E-state index contributed by atoms with van der Waals surface area (Å²) in [7, 11) is 3.68. The van der Waals surface area contributed by atoms with E-state index in [1.807, 2.05) is 20.2 Å². The molecule has 4 nitrogen and oxygen atoms in total. The van der Waals surface area contributed by atoms with Gasteiger partial charge in [0.15, 0.2) is 0 Å². The van der Waals surface area contributed by atoms with E-state index in [1.54, 1.807) is 7.11 Å². The van der Waals surface area contributed by atoms with Gasteiger partial charge in [0.1, 0.15) is 5.75 Å². The Kier molecular flexibility index (Phi) is 4.45. The summed E-state index contributed by atoms with van der Waals surface area (Å²) >= 11 is 0. The first kappa shape index (κ1) is 14.6. The Hall–Kier alpha value is -1.81. The number of pyridine rings is 1. The van der Waals surface area contributed by atoms with Gasteiger partial charge in [-0.15, -0.1) is 0 Å². The minimum Gasteiger partial charge on any atom is -0.496 e. The Morgan fingerprint density at radius 3 is 2.80 bits per heavy atom. The van der Waals surface area contributed by atoms with Gasteiger partial charge in [0, 0.05) is 35.8 Å². The predicted octanol–water partition coefficient (Wildman–Crippen LogP) is 2.84. The van der Waals surface area contributed by atoms with Crippen LogP contribution in [0.4, 0.5) is 0 Å². The number of aryl methyl sites for hydroxylation is 1. The molecule has 0 bridgehead atoms. The summed E-state index contributed by atoms with van der Waals surface area (Å²) in [4.78, 5) is 4.54. The minimum absolute atomic E-state index is 0.359. The largest absolute Gasteiger partial charge is 0.496 e. The monoisotopic (exact) mass is 273 g/mol. The average Bonchev–Trinajstić information content (AvgIpc) is 2.90. The third-order valence-corrected chi connectivity index (χ3v) is 3.79. The lowest BCUT2D eigenvalue weighted by molar-refractivity contribution is 0.406. The van der Waals surface area contributed by atoms with Crippen LogP contribution in [-0.4, -0.2) is 23.7 Å². The highest BCUT2D eigenvalue weighted by molar-refractivity contribution is 5.41. The number of hydrogen-bond acceptors (Lipinski definition) is 3. The van der Waals surface area contributed by atoms with Crippen LogP contribution >= 0.6 is 0 Å². The summed E-state index contributed by atoms with van der Waals surface area (Å²) in [6, 6.07) is 2.50. The van der Waals surface area contributed by atoms with Crippen LogP contribution in [0, 0.1) is 13.8 Å². The SMILES string of the molecule is CNC(C)c1ccn(Cc2ncc(C)c(OC)c2C)c1. The first-order chi connectivity index (χ1) is 9.56. The van der Waals surface area contributed by atoms with E-state index in [4.69, 9.17) is 4.74 Å². The molecule has 0 radical (unpaired) electrons. The Labute approximate surface area is 120 Å². The molecule has 108 valence electrons. The van der Waals surface area contributed by atoms with Crippen molar-refractivity contribution in [2.45, 2.75) is 33.4 Å². The zero-order valence-electron chi connectivity index (χ0n) is 12.9. The average molecular weight is 273 g/mol. The smallest absolute Gasteiger partial charge is 0.128 e. The number of nitrogens with zero attached hydrogens (tertiary/aromatic N) is 2. The minimum atomic E-state index is 0.359. The molecule has 0 saturated heterocycles. The normalized spacial score (nSPS) is 12.4. The number of ether oxygens (including phenoxy) is 1. The van der Waals surface area contributed by atoms with Crippen molar-refractivity contribution in [3.8, 4) is 5.75 Å². The molecule has 1 unspecified atom stereocenters. The molecule has 0 aromatic carbocycles. The quantitative estimate of drug-likeness (QED) is 0.910. The second-order valence-electron chi connectivity index (χ2n) is 5.17. The van der Waals surface area contributed by atoms with Gasteiger partial charge in [-0.25, -0.2) is 0 Å². The van der Waals surface area contributed by atoms with E-state index in [2.05, 4.69) is 47.2 Å². The summed E-state index contributed by atoms with van der Waals surface area (Å²) in [5.41, 5.74) is 4.52. The molecule has 2 heterocycles. The molecular weight excluding hydrogens is 250 g/mol. The van der Waals surface area contributed by atoms with Gasteiger partial charge in [-0.2, -0.15) is 0 Å². The topological polar surface area (TPSA) is 39.1 Å². The van der Waals surface area contributed by atoms with Crippen LogP contribution in [0.1, 0.15) is 35.3 Å². The van der Waals surface area contributed by atoms with Crippen molar-refractivity contribution in [1.82, 2.24) is 14.9 Å². The highest BCUT2D eigenvalue weighted by Crippen LogP contribution is 2.24. The summed E-state index contributed by atoms with van der Waals surface area (Å²) in [6.45, 7) is 7.00. The van der Waals surface area contributed by atoms with E-state index in [-0.39, 0.29) is 0 Å². The second kappa shape index (κ2) is 6.09. The first-order valence-corrected chi connectivity index (χ1v) is 6.88. The second-order valence-corrected chi connectivity index (χ2v) is 5.17. The third-order valence-electron chi connectivity index (χ3n) is 3.79. The lowest BCUT2D eigenvalue weighted by Gasteiger charge is -2.13. The standard InChI is InChI=1S/C16H23N3O/c1-11-8-18-15(12(2)16(11)20-5)10-19-7-6-14(9-19)13(3)17-4/h6-9,13,17H,10H2,1-5H3. The van der Waals surface area contributed by atoms with E-state index >= 15 is 0 Å². The molecule has 0 amide bonds. The molecule has 4 heteroatoms. The molecule has 1 atom stereocenters. The number of aromatic nitrogens is 2. The zero-order chi connectivity index (χ0) is 14.7. The Morgan fingerprint density at radius 1 is 1.40 bits per heavy atom. The van der Waals surface area contributed by atoms with E-state index in [0.717, 1.165) is 29.1 Å². The van der Waals surface area contributed by atoms with Crippen LogP contribution in [-0.2, 0) is 6.54 Å². The molecule has 0 saturated carbocycles. The van der Waals surface area contributed by atoms with Crippen LogP contribution in [0.2, 0.25) is 0 Å². The number of methoxy groups -OCH3 is 1. The maximum atomic E-state index is 5.46. The fourth-order valence-corrected chi connectivity index (χ4v) is 2.38. The summed E-state index contributed by atoms with van der Waals surface area (Å²) < 4.78 is 7.62. The molecule has 2 rings (SSSR count). The highest BCUT2D eigenvalue weighted by Gasteiger charge is 2.10. The molecule has 20 heavy (non-hydrogen) atoms. The molecular formula is C16H23N3O. The predicted molar refractivity (Wildman–Crippen MR) is 81.3 cm³/mol. The van der Waals surface area contributed by atoms with Crippen molar-refractivity contribution < 1.29 is 4.74 Å². The van der Waals surface area contributed by atoms with E-state index in [9.17, 15) is 0 Å². The van der Waals surface area contributed by atoms with Crippen molar-refractivity contribution >= 4 is 0 Å². The lowest BCUT2D eigenvalue weighted by atomic mass is 10.1. The molecule has 2 aromatic heterocycles. The van der Waals surface area contributed by atoms with Crippen molar-refractivity contribution in [3.63, 3.8) is 0 Å². The number of hydrogen-bond donors (Lipinski definition) is 1. The molecule has 0 aliphatic heterocycles. The Balaban J connectivity index is 2.24. The first-order valence-electron chi connectivity index (χ1n) is 6.88. The summed E-state index contributed by atoms with van der Waals surface area (Å²) in [5, 5.41) is 3.25. The van der Waals surface area contributed by atoms with Gasteiger partial charge in [-0.3, -0.25) is 4.98 Å². The van der Waals surface area contributed by atoms with Crippen LogP contribution < -0.4 is 10.1 Å². The van der Waals surface area contributed by atoms with E-state index < -0.39 is 0 Å². The van der Waals surface area contributed by atoms with Gasteiger partial charge in [0.2, 0.25) is 0 Å². The molecule has 0 fully saturated rings. The highest BCUT2D eigenvalue weighted by atomic mass is 16.5. The Bertz CT molecular complexity index is 589. The van der Waals surface area contributed by atoms with Crippen molar-refractivity contribution in [2.75, 3.05) is 14.2 Å². The van der Waals surface area contributed by atoms with Crippen molar-refractivity contribution in [1.29, 1.82) is 0 Å². The maximum Gasteiger partial charge on any atom is 0.128 e. The van der Waals surface area contributed by atoms with Gasteiger partial charge >= 0.3 is 0 Å². The van der Waals surface area contributed by atoms with E-state index in [1.165, 1.54) is 5.56 Å². The van der Waals surface area contributed by atoms with Gasteiger partial charge < -0.3 is 14.6 Å². The van der Waals surface area contributed by atoms with Crippen LogP contribution in [0.3, 0.4) is 0 Å². The third kappa shape index (κ3) is 2.85. The number of nitrogens with one attached hydrogen (secondary N) is 1. The van der Waals surface area contributed by atoms with Crippen LogP contribution in [0.5, 0.6) is 5.75 Å².